The molecule has 174 valence electrons. The van der Waals surface area contributed by atoms with E-state index in [1.807, 2.05) is 64.9 Å². The first-order valence-electron chi connectivity index (χ1n) is 10.6. The molecular weight excluding hydrogens is 460 g/mol. The van der Waals surface area contributed by atoms with Gasteiger partial charge < -0.3 is 10.1 Å². The fourth-order valence-electron chi connectivity index (χ4n) is 3.63. The van der Waals surface area contributed by atoms with E-state index >= 15 is 0 Å². The first-order chi connectivity index (χ1) is 15.9. The van der Waals surface area contributed by atoms with Crippen molar-refractivity contribution < 1.29 is 17.9 Å². The molecule has 4 rings (SSSR count). The predicted octanol–water partition coefficient (Wildman–Crippen LogP) is 2.90. The molecule has 33 heavy (non-hydrogen) atoms. The summed E-state index contributed by atoms with van der Waals surface area (Å²) >= 11 is 1.37. The molecule has 0 unspecified atom stereocenters. The monoisotopic (exact) mass is 486 g/mol. The number of methoxy groups -OCH3 is 1. The quantitative estimate of drug-likeness (QED) is 0.526. The lowest BCUT2D eigenvalue weighted by molar-refractivity contribution is -0.117. The lowest BCUT2D eigenvalue weighted by atomic mass is 10.2. The van der Waals surface area contributed by atoms with E-state index in [0.717, 1.165) is 22.6 Å². The minimum absolute atomic E-state index is 0.00506. The molecule has 0 saturated carbocycles. The van der Waals surface area contributed by atoms with E-state index in [4.69, 9.17) is 4.74 Å². The van der Waals surface area contributed by atoms with Crippen molar-refractivity contribution in [3.05, 3.63) is 65.5 Å². The first kappa shape index (κ1) is 23.4. The minimum Gasteiger partial charge on any atom is -0.497 e. The smallest absolute Gasteiger partial charge is 0.240 e. The molecule has 2 heterocycles. The van der Waals surface area contributed by atoms with Crippen LogP contribution in [0.1, 0.15) is 5.56 Å². The zero-order valence-electron chi connectivity index (χ0n) is 18.3. The summed E-state index contributed by atoms with van der Waals surface area (Å²) in [6, 6.07) is 16.8. The second-order valence-corrected chi connectivity index (χ2v) is 10.6. The van der Waals surface area contributed by atoms with Crippen LogP contribution in [0.3, 0.4) is 0 Å². The van der Waals surface area contributed by atoms with Gasteiger partial charge in [-0.05, 0) is 29.8 Å². The largest absolute Gasteiger partial charge is 0.497 e. The Morgan fingerprint density at radius 2 is 1.76 bits per heavy atom. The van der Waals surface area contributed by atoms with Crippen LogP contribution in [-0.2, 0) is 20.6 Å². The number of nitrogens with zero attached hydrogens (tertiary/aromatic N) is 3. The number of hydrogen-bond acceptors (Lipinski definition) is 7. The Morgan fingerprint density at radius 1 is 1.06 bits per heavy atom. The third-order valence-electron chi connectivity index (χ3n) is 5.42. The van der Waals surface area contributed by atoms with Crippen molar-refractivity contribution in [3.8, 4) is 17.0 Å². The van der Waals surface area contributed by atoms with E-state index in [-0.39, 0.29) is 18.2 Å². The Bertz CT molecular complexity index is 1170. The highest BCUT2D eigenvalue weighted by molar-refractivity contribution is 7.88. The van der Waals surface area contributed by atoms with Gasteiger partial charge in [-0.15, -0.1) is 11.3 Å². The van der Waals surface area contributed by atoms with Crippen LogP contribution in [0.4, 0.5) is 5.13 Å². The fraction of sp³-hybridized carbons (Fsp3) is 0.304. The number of thiazole rings is 1. The summed E-state index contributed by atoms with van der Waals surface area (Å²) in [5.41, 5.74) is 2.51. The van der Waals surface area contributed by atoms with Gasteiger partial charge in [0.05, 0.1) is 25.1 Å². The van der Waals surface area contributed by atoms with Crippen molar-refractivity contribution in [1.82, 2.24) is 14.2 Å². The maximum Gasteiger partial charge on any atom is 0.240 e. The third-order valence-corrected chi connectivity index (χ3v) is 8.03. The number of carbonyl (C=O) groups is 1. The molecule has 0 bridgehead atoms. The van der Waals surface area contributed by atoms with Crippen LogP contribution < -0.4 is 10.1 Å². The molecule has 1 fully saturated rings. The van der Waals surface area contributed by atoms with Crippen LogP contribution in [0.15, 0.2) is 60.0 Å². The van der Waals surface area contributed by atoms with Gasteiger partial charge in [0.15, 0.2) is 5.13 Å². The number of rotatable bonds is 8. The zero-order chi connectivity index (χ0) is 23.3. The van der Waals surface area contributed by atoms with Crippen molar-refractivity contribution in [1.29, 1.82) is 0 Å². The van der Waals surface area contributed by atoms with E-state index in [0.29, 0.717) is 31.3 Å². The van der Waals surface area contributed by atoms with Gasteiger partial charge in [0, 0.05) is 37.1 Å². The van der Waals surface area contributed by atoms with E-state index < -0.39 is 10.0 Å². The fourth-order valence-corrected chi connectivity index (χ4v) is 5.88. The third kappa shape index (κ3) is 6.17. The molecule has 0 aliphatic carbocycles. The van der Waals surface area contributed by atoms with E-state index in [1.54, 1.807) is 7.11 Å². The molecule has 0 radical (unpaired) electrons. The van der Waals surface area contributed by atoms with E-state index in [2.05, 4.69) is 10.3 Å². The van der Waals surface area contributed by atoms with Crippen molar-refractivity contribution in [2.24, 2.45) is 0 Å². The number of nitrogens with one attached hydrogen (secondary N) is 1. The molecule has 10 heteroatoms. The van der Waals surface area contributed by atoms with Crippen molar-refractivity contribution >= 4 is 32.4 Å². The number of carbonyl (C=O) groups excluding carboxylic acids is 1. The summed E-state index contributed by atoms with van der Waals surface area (Å²) in [6.45, 7) is 1.97. The van der Waals surface area contributed by atoms with Crippen LogP contribution in [0.5, 0.6) is 5.75 Å². The van der Waals surface area contributed by atoms with Gasteiger partial charge in [-0.3, -0.25) is 9.69 Å². The van der Waals surface area contributed by atoms with Gasteiger partial charge in [0.1, 0.15) is 5.75 Å². The normalized spacial score (nSPS) is 15.3. The number of ether oxygens (including phenoxy) is 1. The molecule has 1 aliphatic rings. The second kappa shape index (κ2) is 10.4. The number of sulfonamides is 1. The number of aromatic nitrogens is 1. The van der Waals surface area contributed by atoms with Gasteiger partial charge >= 0.3 is 0 Å². The first-order valence-corrected chi connectivity index (χ1v) is 13.1. The van der Waals surface area contributed by atoms with Crippen LogP contribution in [0.25, 0.3) is 11.3 Å². The Labute approximate surface area is 197 Å². The lowest BCUT2D eigenvalue weighted by Crippen LogP contribution is -2.50. The summed E-state index contributed by atoms with van der Waals surface area (Å²) in [5.74, 6) is 0.608. The van der Waals surface area contributed by atoms with Crippen molar-refractivity contribution in [2.45, 2.75) is 5.75 Å². The molecule has 0 atom stereocenters. The molecule has 2 aromatic carbocycles. The topological polar surface area (TPSA) is 91.8 Å². The summed E-state index contributed by atoms with van der Waals surface area (Å²) in [4.78, 5) is 18.9. The van der Waals surface area contributed by atoms with Gasteiger partial charge in [0.2, 0.25) is 15.9 Å². The van der Waals surface area contributed by atoms with Gasteiger partial charge in [-0.2, -0.15) is 4.31 Å². The highest BCUT2D eigenvalue weighted by Gasteiger charge is 2.27. The van der Waals surface area contributed by atoms with Crippen LogP contribution >= 0.6 is 11.3 Å². The molecule has 1 N–H and O–H groups in total. The molecule has 1 amide bonds. The predicted molar refractivity (Wildman–Crippen MR) is 130 cm³/mol. The highest BCUT2D eigenvalue weighted by Crippen LogP contribution is 2.26. The second-order valence-electron chi connectivity index (χ2n) is 7.73. The molecule has 8 nitrogen and oxygen atoms in total. The molecule has 1 aromatic heterocycles. The van der Waals surface area contributed by atoms with E-state index in [9.17, 15) is 13.2 Å². The lowest BCUT2D eigenvalue weighted by Gasteiger charge is -2.33. The summed E-state index contributed by atoms with van der Waals surface area (Å²) in [7, 11) is -1.75. The maximum atomic E-state index is 12.7. The molecule has 3 aromatic rings. The maximum absolute atomic E-state index is 12.7. The molecule has 1 saturated heterocycles. The Kier molecular flexibility index (Phi) is 7.39. The number of benzene rings is 2. The SMILES string of the molecule is COc1ccc(-c2csc(NC(=O)CN3CCN(S(=O)(=O)Cc4ccccc4)CC3)n2)cc1. The van der Waals surface area contributed by atoms with Gasteiger partial charge in [-0.25, -0.2) is 13.4 Å². The van der Waals surface area contributed by atoms with E-state index in [1.165, 1.54) is 15.6 Å². The van der Waals surface area contributed by atoms with Crippen LogP contribution in [-0.4, -0.2) is 68.3 Å². The molecular formula is C23H26N4O4S2. The standard InChI is InChI=1S/C23H26N4O4S2/c1-31-20-9-7-19(8-10-20)21-16-32-23(24-21)25-22(28)15-26-11-13-27(14-12-26)33(29,30)17-18-5-3-2-4-6-18/h2-10,16H,11-15,17H2,1H3,(H,24,25,28). The minimum atomic E-state index is -3.38. The van der Waals surface area contributed by atoms with Crippen molar-refractivity contribution in [2.75, 3.05) is 45.2 Å². The number of anilines is 1. The average Bonchev–Trinajstić information content (AvgIpc) is 3.28. The van der Waals surface area contributed by atoms with Gasteiger partial charge in [0.25, 0.3) is 0 Å². The average molecular weight is 487 g/mol. The van der Waals surface area contributed by atoms with Crippen LogP contribution in [0.2, 0.25) is 0 Å². The Hall–Kier alpha value is -2.79. The highest BCUT2D eigenvalue weighted by atomic mass is 32.2. The van der Waals surface area contributed by atoms with Crippen LogP contribution in [0, 0.1) is 0 Å². The Morgan fingerprint density at radius 3 is 2.42 bits per heavy atom. The summed E-state index contributed by atoms with van der Waals surface area (Å²) < 4.78 is 32.1. The Balaban J connectivity index is 1.26. The van der Waals surface area contributed by atoms with Gasteiger partial charge in [-0.1, -0.05) is 30.3 Å². The number of piperazine rings is 1. The summed E-state index contributed by atoms with van der Waals surface area (Å²) in [5, 5.41) is 5.28. The number of hydrogen-bond donors (Lipinski definition) is 1. The van der Waals surface area contributed by atoms with Crippen molar-refractivity contribution in [3.63, 3.8) is 0 Å². The molecule has 1 aliphatic heterocycles. The molecule has 0 spiro atoms. The summed E-state index contributed by atoms with van der Waals surface area (Å²) in [6.07, 6.45) is 0. The number of amides is 1. The zero-order valence-corrected chi connectivity index (χ0v) is 19.9.